The highest BCUT2D eigenvalue weighted by molar-refractivity contribution is 7.07. The van der Waals surface area contributed by atoms with Crippen LogP contribution in [0.2, 0.25) is 0 Å². The lowest BCUT2D eigenvalue weighted by atomic mass is 10.1. The van der Waals surface area contributed by atoms with Crippen molar-refractivity contribution < 1.29 is 9.90 Å². The Labute approximate surface area is 121 Å². The molecule has 2 aromatic rings. The van der Waals surface area contributed by atoms with Crippen molar-refractivity contribution in [3.63, 3.8) is 0 Å². The number of anilines is 2. The van der Waals surface area contributed by atoms with Crippen LogP contribution in [0, 0.1) is 0 Å². The number of carbonyl (C=O) groups is 1. The Morgan fingerprint density at radius 1 is 1.45 bits per heavy atom. The van der Waals surface area contributed by atoms with Crippen LogP contribution < -0.4 is 16.4 Å². The molecule has 5 nitrogen and oxygen atoms in total. The summed E-state index contributed by atoms with van der Waals surface area (Å²) in [6, 6.07) is 6.89. The van der Waals surface area contributed by atoms with Crippen LogP contribution in [0.5, 0.6) is 0 Å². The van der Waals surface area contributed by atoms with E-state index < -0.39 is 6.10 Å². The topological polar surface area (TPSA) is 87.4 Å². The molecule has 0 spiro atoms. The van der Waals surface area contributed by atoms with E-state index in [9.17, 15) is 9.90 Å². The number of thiophene rings is 1. The summed E-state index contributed by atoms with van der Waals surface area (Å²) in [4.78, 5) is 11.8. The average Bonchev–Trinajstić information content (AvgIpc) is 2.98. The van der Waals surface area contributed by atoms with Gasteiger partial charge in [0.25, 0.3) is 5.91 Å². The maximum Gasteiger partial charge on any atom is 0.253 e. The summed E-state index contributed by atoms with van der Waals surface area (Å²) in [5, 5.41) is 19.5. The Morgan fingerprint density at radius 3 is 2.90 bits per heavy atom. The second-order valence-electron chi connectivity index (χ2n) is 4.34. The van der Waals surface area contributed by atoms with Crippen LogP contribution in [-0.2, 0) is 0 Å². The molecular weight excluding hydrogens is 274 g/mol. The van der Waals surface area contributed by atoms with Gasteiger partial charge in [0.1, 0.15) is 0 Å². The first-order valence-electron chi connectivity index (χ1n) is 6.17. The third-order valence-corrected chi connectivity index (χ3v) is 3.63. The van der Waals surface area contributed by atoms with E-state index >= 15 is 0 Å². The van der Waals surface area contributed by atoms with Crippen LogP contribution in [-0.4, -0.2) is 24.6 Å². The van der Waals surface area contributed by atoms with Gasteiger partial charge in [0.2, 0.25) is 0 Å². The zero-order valence-electron chi connectivity index (χ0n) is 11.1. The molecule has 1 unspecified atom stereocenters. The minimum atomic E-state index is -0.625. The number of aliphatic hydroxyl groups is 1. The number of carbonyl (C=O) groups excluding carboxylic acids is 1. The molecule has 5 N–H and O–H groups in total. The first-order valence-corrected chi connectivity index (χ1v) is 7.11. The molecule has 1 heterocycles. The van der Waals surface area contributed by atoms with E-state index in [-0.39, 0.29) is 5.91 Å². The van der Waals surface area contributed by atoms with Crippen molar-refractivity contribution in [2.75, 3.05) is 24.6 Å². The summed E-state index contributed by atoms with van der Waals surface area (Å²) >= 11 is 1.53. The summed E-state index contributed by atoms with van der Waals surface area (Å²) in [6.45, 7) is 0.310. The minimum absolute atomic E-state index is 0.197. The maximum atomic E-state index is 11.8. The molecule has 0 saturated heterocycles. The molecule has 1 atom stereocenters. The van der Waals surface area contributed by atoms with E-state index in [1.165, 1.54) is 11.3 Å². The van der Waals surface area contributed by atoms with Crippen LogP contribution in [0.15, 0.2) is 35.0 Å². The van der Waals surface area contributed by atoms with Gasteiger partial charge in [0.15, 0.2) is 0 Å². The van der Waals surface area contributed by atoms with Gasteiger partial charge in [-0.05, 0) is 40.6 Å². The minimum Gasteiger partial charge on any atom is -0.399 e. The predicted molar refractivity (Wildman–Crippen MR) is 82.0 cm³/mol. The number of amides is 1. The van der Waals surface area contributed by atoms with Crippen molar-refractivity contribution in [1.29, 1.82) is 0 Å². The highest BCUT2D eigenvalue weighted by Gasteiger charge is 2.12. The lowest BCUT2D eigenvalue weighted by Crippen LogP contribution is -2.21. The van der Waals surface area contributed by atoms with Gasteiger partial charge < -0.3 is 21.5 Å². The molecule has 0 aliphatic carbocycles. The Hall–Kier alpha value is -2.05. The lowest BCUT2D eigenvalue weighted by molar-refractivity contribution is 0.0963. The number of benzene rings is 1. The van der Waals surface area contributed by atoms with Gasteiger partial charge in [-0.15, -0.1) is 0 Å². The first kappa shape index (κ1) is 14.4. The molecular formula is C14H17N3O2S. The summed E-state index contributed by atoms with van der Waals surface area (Å²) in [6.07, 6.45) is -0.625. The number of rotatable bonds is 5. The van der Waals surface area contributed by atoms with Gasteiger partial charge in [0, 0.05) is 25.0 Å². The smallest absolute Gasteiger partial charge is 0.253 e. The van der Waals surface area contributed by atoms with Gasteiger partial charge in [-0.3, -0.25) is 4.79 Å². The molecule has 0 bridgehead atoms. The molecule has 1 aromatic heterocycles. The normalized spacial score (nSPS) is 11.9. The van der Waals surface area contributed by atoms with Crippen LogP contribution in [0.1, 0.15) is 22.0 Å². The van der Waals surface area contributed by atoms with Gasteiger partial charge in [-0.2, -0.15) is 11.3 Å². The Kier molecular flexibility index (Phi) is 4.60. The van der Waals surface area contributed by atoms with Crippen molar-refractivity contribution in [2.45, 2.75) is 6.10 Å². The number of nitrogens with one attached hydrogen (secondary N) is 2. The number of hydrogen-bond acceptors (Lipinski definition) is 5. The molecule has 0 saturated carbocycles. The highest BCUT2D eigenvalue weighted by atomic mass is 32.1. The fourth-order valence-corrected chi connectivity index (χ4v) is 2.54. The molecule has 0 fully saturated rings. The lowest BCUT2D eigenvalue weighted by Gasteiger charge is -2.15. The SMILES string of the molecule is CNC(=O)c1ccc(N)cc1NCC(O)c1ccsc1. The quantitative estimate of drug-likeness (QED) is 0.633. The van der Waals surface area contributed by atoms with Crippen LogP contribution in [0.3, 0.4) is 0 Å². The molecule has 2 rings (SSSR count). The van der Waals surface area contributed by atoms with E-state index in [2.05, 4.69) is 10.6 Å². The Bertz CT molecular complexity index is 584. The van der Waals surface area contributed by atoms with E-state index in [0.29, 0.717) is 23.5 Å². The predicted octanol–water partition coefficient (Wildman–Crippen LogP) is 1.84. The fraction of sp³-hybridized carbons (Fsp3) is 0.214. The molecule has 1 amide bonds. The van der Waals surface area contributed by atoms with Gasteiger partial charge in [0.05, 0.1) is 11.7 Å². The van der Waals surface area contributed by atoms with Crippen molar-refractivity contribution >= 4 is 28.6 Å². The molecule has 0 radical (unpaired) electrons. The van der Waals surface area contributed by atoms with Gasteiger partial charge in [-0.25, -0.2) is 0 Å². The van der Waals surface area contributed by atoms with Crippen LogP contribution >= 0.6 is 11.3 Å². The van der Waals surface area contributed by atoms with E-state index in [0.717, 1.165) is 5.56 Å². The average molecular weight is 291 g/mol. The summed E-state index contributed by atoms with van der Waals surface area (Å²) in [5.74, 6) is -0.197. The third kappa shape index (κ3) is 3.28. The summed E-state index contributed by atoms with van der Waals surface area (Å²) in [5.41, 5.74) is 8.26. The first-order chi connectivity index (χ1) is 9.61. The van der Waals surface area contributed by atoms with Crippen molar-refractivity contribution in [2.24, 2.45) is 0 Å². The maximum absolute atomic E-state index is 11.8. The number of hydrogen-bond donors (Lipinski definition) is 4. The number of aliphatic hydroxyl groups excluding tert-OH is 1. The molecule has 1 aromatic carbocycles. The third-order valence-electron chi connectivity index (χ3n) is 2.93. The number of nitrogen functional groups attached to an aromatic ring is 1. The number of nitrogens with two attached hydrogens (primary N) is 1. The van der Waals surface area contributed by atoms with E-state index in [1.807, 2.05) is 16.8 Å². The standard InChI is InChI=1S/C14H17N3O2S/c1-16-14(19)11-3-2-10(15)6-12(11)17-7-13(18)9-4-5-20-8-9/h2-6,8,13,17-18H,7,15H2,1H3,(H,16,19). The van der Waals surface area contributed by atoms with E-state index in [4.69, 9.17) is 5.73 Å². The zero-order chi connectivity index (χ0) is 14.5. The van der Waals surface area contributed by atoms with Crippen molar-refractivity contribution in [1.82, 2.24) is 5.32 Å². The van der Waals surface area contributed by atoms with Crippen molar-refractivity contribution in [3.05, 3.63) is 46.2 Å². The summed E-state index contributed by atoms with van der Waals surface area (Å²) < 4.78 is 0. The highest BCUT2D eigenvalue weighted by Crippen LogP contribution is 2.22. The second-order valence-corrected chi connectivity index (χ2v) is 5.12. The second kappa shape index (κ2) is 6.40. The van der Waals surface area contributed by atoms with E-state index in [1.54, 1.807) is 25.2 Å². The molecule has 106 valence electrons. The van der Waals surface area contributed by atoms with Crippen LogP contribution in [0.4, 0.5) is 11.4 Å². The van der Waals surface area contributed by atoms with Gasteiger partial charge in [-0.1, -0.05) is 0 Å². The largest absolute Gasteiger partial charge is 0.399 e. The molecule has 0 aliphatic heterocycles. The zero-order valence-corrected chi connectivity index (χ0v) is 11.9. The molecule has 0 aliphatic rings. The Morgan fingerprint density at radius 2 is 2.25 bits per heavy atom. The molecule has 6 heteroatoms. The van der Waals surface area contributed by atoms with Crippen molar-refractivity contribution in [3.8, 4) is 0 Å². The monoisotopic (exact) mass is 291 g/mol. The van der Waals surface area contributed by atoms with Crippen LogP contribution in [0.25, 0.3) is 0 Å². The Balaban J connectivity index is 2.12. The fourth-order valence-electron chi connectivity index (χ4n) is 1.83. The molecule has 20 heavy (non-hydrogen) atoms. The summed E-state index contributed by atoms with van der Waals surface area (Å²) in [7, 11) is 1.57. The van der Waals surface area contributed by atoms with Gasteiger partial charge >= 0.3 is 0 Å².